The molecular formula is C17H23NO. The smallest absolute Gasteiger partial charge is 0.125 e. The van der Waals surface area contributed by atoms with Crippen molar-refractivity contribution in [1.29, 1.82) is 0 Å². The quantitative estimate of drug-likeness (QED) is 0.882. The second kappa shape index (κ2) is 3.99. The van der Waals surface area contributed by atoms with Crippen molar-refractivity contribution in [3.8, 4) is 5.75 Å². The zero-order valence-corrected chi connectivity index (χ0v) is 11.6. The Morgan fingerprint density at radius 2 is 1.68 bits per heavy atom. The van der Waals surface area contributed by atoms with Crippen molar-refractivity contribution in [3.05, 3.63) is 29.8 Å². The van der Waals surface area contributed by atoms with Crippen LogP contribution in [0, 0.1) is 24.7 Å². The highest BCUT2D eigenvalue weighted by Gasteiger charge is 2.57. The molecule has 2 nitrogen and oxygen atoms in total. The van der Waals surface area contributed by atoms with Crippen LogP contribution < -0.4 is 10.5 Å². The zero-order valence-electron chi connectivity index (χ0n) is 11.6. The van der Waals surface area contributed by atoms with Crippen molar-refractivity contribution in [2.45, 2.75) is 50.7 Å². The number of rotatable bonds is 2. The van der Waals surface area contributed by atoms with Gasteiger partial charge in [0.15, 0.2) is 0 Å². The third-order valence-corrected chi connectivity index (χ3v) is 5.66. The Kier molecular flexibility index (Phi) is 2.47. The molecule has 4 saturated carbocycles. The van der Waals surface area contributed by atoms with Crippen LogP contribution in [0.15, 0.2) is 24.3 Å². The van der Waals surface area contributed by atoms with Gasteiger partial charge in [0, 0.05) is 6.04 Å². The summed E-state index contributed by atoms with van der Waals surface area (Å²) in [7, 11) is 0. The summed E-state index contributed by atoms with van der Waals surface area (Å²) in [6.45, 7) is 2.11. The van der Waals surface area contributed by atoms with Crippen LogP contribution in [0.2, 0.25) is 0 Å². The third kappa shape index (κ3) is 1.80. The highest BCUT2D eigenvalue weighted by Crippen LogP contribution is 2.56. The summed E-state index contributed by atoms with van der Waals surface area (Å²) in [4.78, 5) is 0. The van der Waals surface area contributed by atoms with Crippen LogP contribution >= 0.6 is 0 Å². The highest BCUT2D eigenvalue weighted by atomic mass is 16.5. The van der Waals surface area contributed by atoms with E-state index in [0.717, 1.165) is 17.6 Å². The highest BCUT2D eigenvalue weighted by molar-refractivity contribution is 5.28. The summed E-state index contributed by atoms with van der Waals surface area (Å²) >= 11 is 0. The Hall–Kier alpha value is -1.02. The predicted octanol–water partition coefficient (Wildman–Crippen LogP) is 3.28. The molecule has 0 saturated heterocycles. The van der Waals surface area contributed by atoms with Crippen molar-refractivity contribution in [1.82, 2.24) is 0 Å². The molecule has 0 heterocycles. The lowest BCUT2D eigenvalue weighted by Crippen LogP contribution is -2.66. The molecule has 2 heteroatoms. The number of hydrogen-bond acceptors (Lipinski definition) is 2. The molecule has 3 unspecified atom stereocenters. The molecule has 1 aromatic carbocycles. The zero-order chi connectivity index (χ0) is 13.0. The fourth-order valence-corrected chi connectivity index (χ4v) is 5.00. The van der Waals surface area contributed by atoms with Crippen LogP contribution in [-0.4, -0.2) is 11.6 Å². The molecule has 0 amide bonds. The molecule has 2 N–H and O–H groups in total. The molecule has 0 aromatic heterocycles. The monoisotopic (exact) mass is 257 g/mol. The Bertz CT molecular complexity index is 467. The van der Waals surface area contributed by atoms with Gasteiger partial charge in [-0.05, 0) is 68.9 Å². The summed E-state index contributed by atoms with van der Waals surface area (Å²) in [5.74, 6) is 3.44. The van der Waals surface area contributed by atoms with Crippen molar-refractivity contribution < 1.29 is 4.74 Å². The van der Waals surface area contributed by atoms with E-state index in [0.29, 0.717) is 5.92 Å². The summed E-state index contributed by atoms with van der Waals surface area (Å²) in [6, 6.07) is 8.69. The maximum absolute atomic E-state index is 6.55. The van der Waals surface area contributed by atoms with Crippen LogP contribution in [0.5, 0.6) is 5.75 Å². The lowest BCUT2D eigenvalue weighted by molar-refractivity contribution is -0.123. The molecule has 4 bridgehead atoms. The van der Waals surface area contributed by atoms with Gasteiger partial charge in [-0.1, -0.05) is 17.7 Å². The SMILES string of the molecule is Cc1ccc(OC23C[C@@H]4CC(C[C@@H](C4)C2)C3N)cc1. The molecule has 1 aromatic rings. The first kappa shape index (κ1) is 11.8. The van der Waals surface area contributed by atoms with Gasteiger partial charge < -0.3 is 10.5 Å². The van der Waals surface area contributed by atoms with E-state index in [1.807, 2.05) is 0 Å². The normalized spacial score (nSPS) is 43.5. The first-order chi connectivity index (χ1) is 9.14. The fourth-order valence-electron chi connectivity index (χ4n) is 5.00. The van der Waals surface area contributed by atoms with Crippen molar-refractivity contribution >= 4 is 0 Å². The molecular weight excluding hydrogens is 234 g/mol. The van der Waals surface area contributed by atoms with E-state index in [9.17, 15) is 0 Å². The molecule has 0 aliphatic heterocycles. The van der Waals surface area contributed by atoms with Gasteiger partial charge in [0.1, 0.15) is 11.4 Å². The Labute approximate surface area is 115 Å². The van der Waals surface area contributed by atoms with Gasteiger partial charge in [-0.2, -0.15) is 0 Å². The van der Waals surface area contributed by atoms with Crippen molar-refractivity contribution in [2.75, 3.05) is 0 Å². The van der Waals surface area contributed by atoms with Gasteiger partial charge in [0.25, 0.3) is 0 Å². The maximum atomic E-state index is 6.55. The van der Waals surface area contributed by atoms with Crippen molar-refractivity contribution in [2.24, 2.45) is 23.5 Å². The minimum Gasteiger partial charge on any atom is -0.486 e. The lowest BCUT2D eigenvalue weighted by Gasteiger charge is -2.59. The number of nitrogens with two attached hydrogens (primary N) is 1. The second-order valence-corrected chi connectivity index (χ2v) is 7.11. The van der Waals surface area contributed by atoms with Gasteiger partial charge in [-0.15, -0.1) is 0 Å². The molecule has 4 fully saturated rings. The number of ether oxygens (including phenoxy) is 1. The standard InChI is InChI=1S/C17H23NO/c1-11-2-4-15(5-3-11)19-17-9-12-6-13(10-17)8-14(7-12)16(17)18/h2-5,12-14,16H,6-10,18H2,1H3/t12-,13+,14?,16?,17?. The Balaban J connectivity index is 1.63. The molecule has 4 aliphatic rings. The van der Waals surface area contributed by atoms with Crippen LogP contribution in [0.1, 0.15) is 37.7 Å². The summed E-state index contributed by atoms with van der Waals surface area (Å²) in [5, 5.41) is 0. The summed E-state index contributed by atoms with van der Waals surface area (Å²) < 4.78 is 6.46. The second-order valence-electron chi connectivity index (χ2n) is 7.11. The van der Waals surface area contributed by atoms with E-state index >= 15 is 0 Å². The number of hydrogen-bond donors (Lipinski definition) is 1. The van der Waals surface area contributed by atoms with E-state index in [4.69, 9.17) is 10.5 Å². The molecule has 4 aliphatic carbocycles. The summed E-state index contributed by atoms with van der Waals surface area (Å²) in [5.41, 5.74) is 7.77. The molecule has 0 spiro atoms. The van der Waals surface area contributed by atoms with E-state index in [1.165, 1.54) is 37.7 Å². The first-order valence-electron chi connectivity index (χ1n) is 7.66. The third-order valence-electron chi connectivity index (χ3n) is 5.66. The predicted molar refractivity (Wildman–Crippen MR) is 76.1 cm³/mol. The van der Waals surface area contributed by atoms with Gasteiger partial charge >= 0.3 is 0 Å². The number of benzene rings is 1. The first-order valence-corrected chi connectivity index (χ1v) is 7.66. The average Bonchev–Trinajstić information content (AvgIpc) is 2.38. The topological polar surface area (TPSA) is 35.2 Å². The van der Waals surface area contributed by atoms with E-state index in [2.05, 4.69) is 31.2 Å². The Morgan fingerprint density at radius 1 is 1.05 bits per heavy atom. The van der Waals surface area contributed by atoms with Crippen LogP contribution in [0.4, 0.5) is 0 Å². The molecule has 19 heavy (non-hydrogen) atoms. The van der Waals surface area contributed by atoms with Gasteiger partial charge in [-0.3, -0.25) is 0 Å². The van der Waals surface area contributed by atoms with Crippen LogP contribution in [-0.2, 0) is 0 Å². The number of aryl methyl sites for hydroxylation is 1. The van der Waals surface area contributed by atoms with E-state index in [-0.39, 0.29) is 11.6 Å². The van der Waals surface area contributed by atoms with Crippen LogP contribution in [0.25, 0.3) is 0 Å². The molecule has 5 atom stereocenters. The van der Waals surface area contributed by atoms with Gasteiger partial charge in [0.05, 0.1) is 0 Å². The van der Waals surface area contributed by atoms with Crippen LogP contribution in [0.3, 0.4) is 0 Å². The molecule has 0 radical (unpaired) electrons. The average molecular weight is 257 g/mol. The Morgan fingerprint density at radius 3 is 2.32 bits per heavy atom. The van der Waals surface area contributed by atoms with Gasteiger partial charge in [-0.25, -0.2) is 0 Å². The lowest BCUT2D eigenvalue weighted by atomic mass is 9.52. The minimum absolute atomic E-state index is 0.0655. The molecule has 102 valence electrons. The minimum atomic E-state index is -0.0655. The van der Waals surface area contributed by atoms with E-state index < -0.39 is 0 Å². The summed E-state index contributed by atoms with van der Waals surface area (Å²) in [6.07, 6.45) is 6.46. The fraction of sp³-hybridized carbons (Fsp3) is 0.647. The van der Waals surface area contributed by atoms with Crippen molar-refractivity contribution in [3.63, 3.8) is 0 Å². The largest absolute Gasteiger partial charge is 0.486 e. The van der Waals surface area contributed by atoms with Gasteiger partial charge in [0.2, 0.25) is 0 Å². The molecule has 5 rings (SSSR count). The maximum Gasteiger partial charge on any atom is 0.125 e. The van der Waals surface area contributed by atoms with E-state index in [1.54, 1.807) is 0 Å².